The SMILES string of the molecule is CCCCCCCCCCCCn1c(-c2cccs2)ccc1-c1ccc(-c2sc(-c3ccc(-c4ccc(-c5cccs5)n4CCCCCCCCCCCC)s3)c3c2N=S=N3)s1. The van der Waals surface area contributed by atoms with Crippen LogP contribution in [0, 0.1) is 0 Å². The van der Waals surface area contributed by atoms with Crippen molar-refractivity contribution >= 4 is 79.4 Å². The van der Waals surface area contributed by atoms with Gasteiger partial charge >= 0.3 is 0 Å². The van der Waals surface area contributed by atoms with Gasteiger partial charge in [0.15, 0.2) is 0 Å². The van der Waals surface area contributed by atoms with Crippen molar-refractivity contribution in [3.05, 3.63) is 83.6 Å². The molecule has 4 nitrogen and oxygen atoms in total. The molecule has 1 aliphatic heterocycles. The summed E-state index contributed by atoms with van der Waals surface area (Å²) in [5.41, 5.74) is 7.43. The molecule has 0 bridgehead atoms. The molecule has 7 aromatic rings. The predicted molar refractivity (Wildman–Crippen MR) is 280 cm³/mol. The number of fused-ring (bicyclic) bond motifs is 1. The van der Waals surface area contributed by atoms with Crippen LogP contribution in [0.25, 0.3) is 61.8 Å². The highest BCUT2D eigenvalue weighted by Crippen LogP contribution is 2.57. The topological polar surface area (TPSA) is 34.6 Å². The first kappa shape index (κ1) is 45.4. The van der Waals surface area contributed by atoms with E-state index in [0.29, 0.717) is 0 Å². The summed E-state index contributed by atoms with van der Waals surface area (Å²) in [4.78, 5) is 10.4. The lowest BCUT2D eigenvalue weighted by Crippen LogP contribution is -2.01. The zero-order valence-corrected chi connectivity index (χ0v) is 41.8. The summed E-state index contributed by atoms with van der Waals surface area (Å²) in [6.45, 7) is 6.71. The lowest BCUT2D eigenvalue weighted by molar-refractivity contribution is 0.538. The van der Waals surface area contributed by atoms with E-state index in [0.717, 1.165) is 24.5 Å². The van der Waals surface area contributed by atoms with E-state index >= 15 is 0 Å². The minimum Gasteiger partial charge on any atom is -0.339 e. The first-order valence-corrected chi connectivity index (χ1v) is 28.6. The molecule has 0 amide bonds. The minimum absolute atomic E-state index is 1.04. The Morgan fingerprint density at radius 2 is 0.726 bits per heavy atom. The quantitative estimate of drug-likeness (QED) is 0.0439. The van der Waals surface area contributed by atoms with Crippen molar-refractivity contribution in [3.63, 3.8) is 0 Å². The third-order valence-corrected chi connectivity index (χ3v) is 18.3. The van der Waals surface area contributed by atoms with Crippen LogP contribution in [0.2, 0.25) is 0 Å². The van der Waals surface area contributed by atoms with Gasteiger partial charge in [0, 0.05) is 22.8 Å². The van der Waals surface area contributed by atoms with Crippen LogP contribution in [0.5, 0.6) is 0 Å². The fraction of sp³-hybridized carbons (Fsp3) is 0.462. The third kappa shape index (κ3) is 11.4. The lowest BCUT2D eigenvalue weighted by Gasteiger charge is -2.12. The molecule has 0 saturated carbocycles. The summed E-state index contributed by atoms with van der Waals surface area (Å²) < 4.78 is 15.0. The largest absolute Gasteiger partial charge is 0.339 e. The van der Waals surface area contributed by atoms with Crippen LogP contribution in [-0.2, 0) is 24.4 Å². The molecule has 0 atom stereocenters. The molecule has 328 valence electrons. The maximum atomic E-state index is 4.90. The molecular weight excluding hydrogens is 873 g/mol. The Labute approximate surface area is 395 Å². The molecule has 0 fully saturated rings. The summed E-state index contributed by atoms with van der Waals surface area (Å²) in [5.74, 6) is 0. The molecule has 8 rings (SSSR count). The smallest absolute Gasteiger partial charge is 0.124 e. The molecular formula is C52H64N4S6. The lowest BCUT2D eigenvalue weighted by atomic mass is 10.1. The number of nitrogens with zero attached hydrogens (tertiary/aromatic N) is 4. The van der Waals surface area contributed by atoms with Crippen molar-refractivity contribution in [3.8, 4) is 61.8 Å². The van der Waals surface area contributed by atoms with E-state index in [-0.39, 0.29) is 0 Å². The molecule has 0 spiro atoms. The second-order valence-corrected chi connectivity index (χ2v) is 22.5. The third-order valence-electron chi connectivity index (χ3n) is 12.3. The van der Waals surface area contributed by atoms with Gasteiger partial charge in [-0.3, -0.25) is 0 Å². The maximum Gasteiger partial charge on any atom is 0.124 e. The molecule has 7 aromatic heterocycles. The molecule has 0 radical (unpaired) electrons. The monoisotopic (exact) mass is 936 g/mol. The Balaban J connectivity index is 0.962. The highest BCUT2D eigenvalue weighted by atomic mass is 32.1. The Kier molecular flexibility index (Phi) is 17.4. The number of rotatable bonds is 28. The molecule has 62 heavy (non-hydrogen) atoms. The summed E-state index contributed by atoms with van der Waals surface area (Å²) in [6.07, 6.45) is 27.1. The standard InChI is InChI=1S/C52H64N4S6/c1-3-5-7-9-11-13-15-17-19-21-35-55-39(43-25-23-37-57-43)27-29-41(55)45-31-33-47(59-45)51-49-50(54-62-53-49)52(61-51)48-34-32-46(60-48)42-30-28-40(44-26-24-38-58-44)56(42)36-22-20-18-16-14-12-10-8-6-4-2/h23-34,37-38H,3-22,35-36H2,1-2H3. The molecule has 0 unspecified atom stereocenters. The number of hydrogen-bond acceptors (Lipinski definition) is 7. The Morgan fingerprint density at radius 3 is 1.10 bits per heavy atom. The van der Waals surface area contributed by atoms with Crippen LogP contribution in [0.15, 0.2) is 92.3 Å². The van der Waals surface area contributed by atoms with E-state index in [1.54, 1.807) is 0 Å². The van der Waals surface area contributed by atoms with E-state index in [4.69, 9.17) is 8.73 Å². The van der Waals surface area contributed by atoms with Gasteiger partial charge in [0.2, 0.25) is 0 Å². The van der Waals surface area contributed by atoms with Crippen molar-refractivity contribution in [2.45, 2.75) is 155 Å². The van der Waals surface area contributed by atoms with E-state index in [2.05, 4.69) is 107 Å². The number of hydrogen-bond donors (Lipinski definition) is 0. The molecule has 0 aromatic carbocycles. The molecule has 1 aliphatic rings. The number of aromatic nitrogens is 2. The normalized spacial score (nSPS) is 12.2. The van der Waals surface area contributed by atoms with Crippen LogP contribution >= 0.6 is 56.7 Å². The Hall–Kier alpha value is -3.12. The van der Waals surface area contributed by atoms with Crippen molar-refractivity contribution in [2.75, 3.05) is 0 Å². The first-order chi connectivity index (χ1) is 30.7. The average Bonchev–Trinajstić information content (AvgIpc) is 4.13. The number of unbranched alkanes of at least 4 members (excludes halogenated alkanes) is 18. The van der Waals surface area contributed by atoms with Crippen LogP contribution in [0.1, 0.15) is 142 Å². The fourth-order valence-electron chi connectivity index (χ4n) is 8.86. The van der Waals surface area contributed by atoms with Gasteiger partial charge in [0.1, 0.15) is 11.4 Å². The van der Waals surface area contributed by atoms with Crippen molar-refractivity contribution in [2.24, 2.45) is 8.73 Å². The van der Waals surface area contributed by atoms with E-state index in [1.165, 1.54) is 202 Å². The average molecular weight is 938 g/mol. The van der Waals surface area contributed by atoms with Gasteiger partial charge in [-0.05, 0) is 84.3 Å². The number of thiophene rings is 5. The van der Waals surface area contributed by atoms with Gasteiger partial charge in [-0.2, -0.15) is 8.73 Å². The van der Waals surface area contributed by atoms with Crippen molar-refractivity contribution in [1.29, 1.82) is 0 Å². The van der Waals surface area contributed by atoms with Crippen LogP contribution < -0.4 is 0 Å². The fourth-order valence-corrected chi connectivity index (χ4v) is 14.5. The van der Waals surface area contributed by atoms with Gasteiger partial charge in [0.05, 0.1) is 63.4 Å². The van der Waals surface area contributed by atoms with Gasteiger partial charge < -0.3 is 9.13 Å². The second-order valence-electron chi connectivity index (χ2n) is 16.9. The van der Waals surface area contributed by atoms with Gasteiger partial charge in [-0.25, -0.2) is 0 Å². The maximum absolute atomic E-state index is 4.90. The predicted octanol–water partition coefficient (Wildman–Crippen LogP) is 20.2. The Morgan fingerprint density at radius 1 is 0.371 bits per heavy atom. The van der Waals surface area contributed by atoms with Crippen molar-refractivity contribution < 1.29 is 0 Å². The van der Waals surface area contributed by atoms with Gasteiger partial charge in [0.25, 0.3) is 0 Å². The van der Waals surface area contributed by atoms with E-state index in [1.807, 2.05) is 56.7 Å². The molecule has 10 heteroatoms. The molecule has 0 N–H and O–H groups in total. The summed E-state index contributed by atoms with van der Waals surface area (Å²) in [7, 11) is 0. The second kappa shape index (κ2) is 23.7. The zero-order valence-electron chi connectivity index (χ0n) is 36.9. The summed E-state index contributed by atoms with van der Waals surface area (Å²) in [6, 6.07) is 27.6. The highest BCUT2D eigenvalue weighted by molar-refractivity contribution is 7.58. The molecule has 0 saturated heterocycles. The van der Waals surface area contributed by atoms with Crippen LogP contribution in [-0.4, -0.2) is 9.13 Å². The molecule has 8 heterocycles. The Bertz CT molecular complexity index is 2300. The minimum atomic E-state index is 1.04. The van der Waals surface area contributed by atoms with Gasteiger partial charge in [-0.1, -0.05) is 142 Å². The van der Waals surface area contributed by atoms with Crippen LogP contribution in [0.4, 0.5) is 11.4 Å². The zero-order chi connectivity index (χ0) is 42.4. The summed E-state index contributed by atoms with van der Waals surface area (Å²) in [5, 5.41) is 4.40. The first-order valence-electron chi connectivity index (χ1n) is 23.7. The van der Waals surface area contributed by atoms with Crippen LogP contribution in [0.3, 0.4) is 0 Å². The van der Waals surface area contributed by atoms with E-state index in [9.17, 15) is 0 Å². The summed E-state index contributed by atoms with van der Waals surface area (Å²) >= 11 is 10.7. The van der Waals surface area contributed by atoms with Crippen molar-refractivity contribution in [1.82, 2.24) is 9.13 Å². The highest BCUT2D eigenvalue weighted by Gasteiger charge is 2.26. The van der Waals surface area contributed by atoms with Gasteiger partial charge in [-0.15, -0.1) is 56.7 Å². The van der Waals surface area contributed by atoms with E-state index < -0.39 is 0 Å². The molecule has 0 aliphatic carbocycles.